The lowest BCUT2D eigenvalue weighted by atomic mass is 9.84. The van der Waals surface area contributed by atoms with E-state index in [0.717, 1.165) is 24.8 Å². The molecule has 0 unspecified atom stereocenters. The molecule has 0 spiro atoms. The van der Waals surface area contributed by atoms with Crippen molar-refractivity contribution in [3.63, 3.8) is 0 Å². The quantitative estimate of drug-likeness (QED) is 0.280. The van der Waals surface area contributed by atoms with Gasteiger partial charge in [0, 0.05) is 18.0 Å². The Bertz CT molecular complexity index is 1220. The highest BCUT2D eigenvalue weighted by atomic mass is 19.3. The van der Waals surface area contributed by atoms with Gasteiger partial charge in [0.2, 0.25) is 0 Å². The highest BCUT2D eigenvalue weighted by Gasteiger charge is 2.39. The van der Waals surface area contributed by atoms with Crippen molar-refractivity contribution in [3.05, 3.63) is 59.2 Å². The van der Waals surface area contributed by atoms with Gasteiger partial charge in [-0.25, -0.2) is 27.2 Å². The van der Waals surface area contributed by atoms with E-state index in [0.29, 0.717) is 42.6 Å². The number of rotatable bonds is 9. The first-order chi connectivity index (χ1) is 18.4. The van der Waals surface area contributed by atoms with Crippen molar-refractivity contribution >= 4 is 17.1 Å². The van der Waals surface area contributed by atoms with E-state index in [1.165, 1.54) is 23.1 Å². The van der Waals surface area contributed by atoms with Gasteiger partial charge in [0.25, 0.3) is 5.92 Å². The van der Waals surface area contributed by atoms with E-state index in [1.807, 2.05) is 6.08 Å². The first-order valence-electron chi connectivity index (χ1n) is 13.5. The fourth-order valence-corrected chi connectivity index (χ4v) is 4.89. The van der Waals surface area contributed by atoms with Crippen LogP contribution in [0.3, 0.4) is 0 Å². The van der Waals surface area contributed by atoms with Gasteiger partial charge in [-0.05, 0) is 81.4 Å². The number of nitrogens with zero attached hydrogens (tertiary/aromatic N) is 3. The van der Waals surface area contributed by atoms with E-state index in [1.54, 1.807) is 26.8 Å². The van der Waals surface area contributed by atoms with Gasteiger partial charge in [-0.3, -0.25) is 4.79 Å². The molecule has 0 bridgehead atoms. The van der Waals surface area contributed by atoms with E-state index in [4.69, 9.17) is 4.74 Å². The van der Waals surface area contributed by atoms with Crippen molar-refractivity contribution in [3.8, 4) is 0 Å². The van der Waals surface area contributed by atoms with Crippen molar-refractivity contribution < 1.29 is 27.1 Å². The summed E-state index contributed by atoms with van der Waals surface area (Å²) in [5.74, 6) is -5.09. The van der Waals surface area contributed by atoms with Crippen LogP contribution in [-0.4, -0.2) is 33.2 Å². The highest BCUT2D eigenvalue weighted by Crippen LogP contribution is 2.36. The Morgan fingerprint density at radius 3 is 2.49 bits per heavy atom. The highest BCUT2D eigenvalue weighted by molar-refractivity contribution is 5.84. The summed E-state index contributed by atoms with van der Waals surface area (Å²) < 4.78 is 65.6. The van der Waals surface area contributed by atoms with Crippen LogP contribution >= 0.6 is 0 Å². The number of alkyl halides is 2. The Morgan fingerprint density at radius 2 is 1.82 bits per heavy atom. The van der Waals surface area contributed by atoms with E-state index in [2.05, 4.69) is 15.4 Å². The maximum absolute atomic E-state index is 14.9. The molecule has 0 saturated heterocycles. The zero-order valence-electron chi connectivity index (χ0n) is 22.7. The van der Waals surface area contributed by atoms with Crippen molar-refractivity contribution in [1.82, 2.24) is 20.1 Å². The lowest BCUT2D eigenvalue weighted by Gasteiger charge is -2.30. The first kappa shape index (κ1) is 29.0. The van der Waals surface area contributed by atoms with Gasteiger partial charge >= 0.3 is 5.97 Å². The molecule has 1 saturated carbocycles. The topological polar surface area (TPSA) is 69.0 Å². The number of carbonyl (C=O) groups is 1. The molecule has 1 aromatic heterocycles. The van der Waals surface area contributed by atoms with Crippen molar-refractivity contribution in [2.45, 2.75) is 84.9 Å². The average Bonchev–Trinajstić information content (AvgIpc) is 3.38. The Labute approximate surface area is 226 Å². The van der Waals surface area contributed by atoms with Gasteiger partial charge < -0.3 is 10.1 Å². The van der Waals surface area contributed by atoms with E-state index < -0.39 is 35.4 Å². The van der Waals surface area contributed by atoms with E-state index in [-0.39, 0.29) is 24.8 Å². The maximum atomic E-state index is 14.9. The summed E-state index contributed by atoms with van der Waals surface area (Å²) in [4.78, 5) is 16.3. The number of nitrogens with one attached hydrogen (secondary N) is 1. The lowest BCUT2D eigenvalue weighted by molar-refractivity contribution is -0.157. The minimum atomic E-state index is -2.91. The van der Waals surface area contributed by atoms with Crippen LogP contribution in [0.5, 0.6) is 0 Å². The summed E-state index contributed by atoms with van der Waals surface area (Å²) in [5.41, 5.74) is 0.851. The largest absolute Gasteiger partial charge is 0.442 e. The molecule has 0 aliphatic heterocycles. The number of hydrogen-bond acceptors (Lipinski definition) is 5. The molecule has 4 rings (SSSR count). The van der Waals surface area contributed by atoms with Crippen LogP contribution in [0.15, 0.2) is 30.6 Å². The molecule has 212 valence electrons. The SMILES string of the molecule is CC(C)(C)C(=O)OCn1cnc(C2=CC(c3cc(F)c(CNCC(F)(F)C4CCCCC4)c(F)c3)=CCC2)n1. The van der Waals surface area contributed by atoms with Gasteiger partial charge in [-0.15, -0.1) is 5.10 Å². The predicted octanol–water partition coefficient (Wildman–Crippen LogP) is 6.67. The van der Waals surface area contributed by atoms with Crippen LogP contribution in [0, 0.1) is 23.0 Å². The second kappa shape index (κ2) is 12.0. The van der Waals surface area contributed by atoms with Gasteiger partial charge in [0.15, 0.2) is 12.6 Å². The van der Waals surface area contributed by atoms with Crippen molar-refractivity contribution in [1.29, 1.82) is 0 Å². The van der Waals surface area contributed by atoms with Crippen molar-refractivity contribution in [2.24, 2.45) is 11.3 Å². The summed E-state index contributed by atoms with van der Waals surface area (Å²) in [7, 11) is 0. The molecule has 10 heteroatoms. The molecule has 2 aliphatic carbocycles. The van der Waals surface area contributed by atoms with Crippen LogP contribution in [0.2, 0.25) is 0 Å². The zero-order chi connectivity index (χ0) is 28.2. The molecule has 6 nitrogen and oxygen atoms in total. The molecule has 1 fully saturated rings. The van der Waals surface area contributed by atoms with Crippen LogP contribution in [0.25, 0.3) is 11.1 Å². The first-order valence-corrected chi connectivity index (χ1v) is 13.5. The second-order valence-corrected chi connectivity index (χ2v) is 11.4. The molecule has 0 radical (unpaired) electrons. The fourth-order valence-electron chi connectivity index (χ4n) is 4.89. The molecule has 2 aliphatic rings. The minimum Gasteiger partial charge on any atom is -0.442 e. The van der Waals surface area contributed by atoms with Gasteiger partial charge in [-0.1, -0.05) is 25.3 Å². The number of ether oxygens (including phenoxy) is 1. The fraction of sp³-hybridized carbons (Fsp3) is 0.552. The van der Waals surface area contributed by atoms with Crippen LogP contribution < -0.4 is 5.32 Å². The van der Waals surface area contributed by atoms with Crippen molar-refractivity contribution in [2.75, 3.05) is 6.54 Å². The van der Waals surface area contributed by atoms with Gasteiger partial charge in [0.1, 0.15) is 18.0 Å². The number of carbonyl (C=O) groups excluding carboxylic acids is 1. The molecular formula is C29H36F4N4O2. The third kappa shape index (κ3) is 7.35. The number of esters is 1. The molecule has 0 amide bonds. The minimum absolute atomic E-state index is 0.0718. The second-order valence-electron chi connectivity index (χ2n) is 11.4. The van der Waals surface area contributed by atoms with Gasteiger partial charge in [-0.2, -0.15) is 0 Å². The van der Waals surface area contributed by atoms with Gasteiger partial charge in [0.05, 0.1) is 12.0 Å². The smallest absolute Gasteiger partial charge is 0.313 e. The van der Waals surface area contributed by atoms with Crippen LogP contribution in [0.1, 0.15) is 82.7 Å². The summed E-state index contributed by atoms with van der Waals surface area (Å²) in [6.45, 7) is 4.28. The molecule has 1 aromatic carbocycles. The predicted molar refractivity (Wildman–Crippen MR) is 140 cm³/mol. The monoisotopic (exact) mass is 548 g/mol. The summed E-state index contributed by atoms with van der Waals surface area (Å²) >= 11 is 0. The number of benzene rings is 1. The van der Waals surface area contributed by atoms with E-state index in [9.17, 15) is 22.4 Å². The number of hydrogen-bond donors (Lipinski definition) is 1. The third-order valence-corrected chi connectivity index (χ3v) is 7.21. The summed E-state index contributed by atoms with van der Waals surface area (Å²) in [5, 5.41) is 6.94. The summed E-state index contributed by atoms with van der Waals surface area (Å²) in [6.07, 6.45) is 9.91. The number of halogens is 4. The molecular weight excluding hydrogens is 512 g/mol. The molecule has 0 atom stereocenters. The number of aromatic nitrogens is 3. The lowest BCUT2D eigenvalue weighted by Crippen LogP contribution is -2.40. The Balaban J connectivity index is 1.40. The standard InChI is InChI=1S/C29H36F4N4O2/c1-28(2,3)27(38)39-18-37-17-35-26(36-37)20-9-7-8-19(12-20)21-13-24(30)23(25(31)14-21)15-34-16-29(32,33)22-10-5-4-6-11-22/h8,12-14,17,22,34H,4-7,9-11,15-16,18H2,1-3H3. The van der Waals surface area contributed by atoms with Crippen LogP contribution in [0.4, 0.5) is 17.6 Å². The van der Waals surface area contributed by atoms with E-state index >= 15 is 0 Å². The zero-order valence-corrected chi connectivity index (χ0v) is 22.7. The normalized spacial score (nSPS) is 17.1. The number of allylic oxidation sites excluding steroid dienone is 4. The third-order valence-electron chi connectivity index (χ3n) is 7.21. The molecule has 1 heterocycles. The average molecular weight is 549 g/mol. The van der Waals surface area contributed by atoms with Crippen LogP contribution in [-0.2, 0) is 22.8 Å². The Hall–Kier alpha value is -3.01. The maximum Gasteiger partial charge on any atom is 0.313 e. The Morgan fingerprint density at radius 1 is 1.13 bits per heavy atom. The molecule has 39 heavy (non-hydrogen) atoms. The Kier molecular flexibility index (Phi) is 8.93. The molecule has 1 N–H and O–H groups in total. The molecule has 2 aromatic rings. The summed E-state index contributed by atoms with van der Waals surface area (Å²) in [6, 6.07) is 2.45.